The second-order valence-electron chi connectivity index (χ2n) is 7.12. The number of carbonyl (C=O) groups is 1. The summed E-state index contributed by atoms with van der Waals surface area (Å²) in [6.07, 6.45) is 1.95. The normalized spacial score (nSPS) is 23.8. The molecule has 0 bridgehead atoms. The largest absolute Gasteiger partial charge is 0.376 e. The van der Waals surface area contributed by atoms with E-state index in [1.807, 2.05) is 6.92 Å². The molecular formula is C19H29Cl3FN3O2. The number of nitrogens with one attached hydrogen (secondary N) is 2. The lowest BCUT2D eigenvalue weighted by Crippen LogP contribution is -2.48. The summed E-state index contributed by atoms with van der Waals surface area (Å²) in [5.41, 5.74) is 0.449. The number of piperidine rings is 1. The van der Waals surface area contributed by atoms with Crippen LogP contribution >= 0.6 is 36.4 Å². The molecule has 0 spiro atoms. The van der Waals surface area contributed by atoms with Crippen molar-refractivity contribution in [3.05, 3.63) is 34.6 Å². The van der Waals surface area contributed by atoms with Gasteiger partial charge in [-0.15, -0.1) is 24.8 Å². The van der Waals surface area contributed by atoms with Gasteiger partial charge in [0.25, 0.3) is 0 Å². The molecule has 3 unspecified atom stereocenters. The first-order valence-corrected chi connectivity index (χ1v) is 9.72. The van der Waals surface area contributed by atoms with Crippen LogP contribution in [0.25, 0.3) is 0 Å². The highest BCUT2D eigenvalue weighted by Crippen LogP contribution is 2.31. The predicted molar refractivity (Wildman–Crippen MR) is 114 cm³/mol. The fraction of sp³-hybridized carbons (Fsp3) is 0.632. The van der Waals surface area contributed by atoms with Gasteiger partial charge >= 0.3 is 0 Å². The van der Waals surface area contributed by atoms with Crippen LogP contribution in [0.3, 0.4) is 0 Å². The molecule has 2 aliphatic rings. The molecule has 160 valence electrons. The summed E-state index contributed by atoms with van der Waals surface area (Å²) in [4.78, 5) is 14.7. The minimum atomic E-state index is -0.338. The highest BCUT2D eigenvalue weighted by Gasteiger charge is 2.30. The van der Waals surface area contributed by atoms with Gasteiger partial charge in [0.05, 0.1) is 24.7 Å². The van der Waals surface area contributed by atoms with Crippen LogP contribution in [0, 0.1) is 11.7 Å². The minimum absolute atomic E-state index is 0. The van der Waals surface area contributed by atoms with Gasteiger partial charge in [-0.25, -0.2) is 4.39 Å². The smallest absolute Gasteiger partial charge is 0.224 e. The lowest BCUT2D eigenvalue weighted by molar-refractivity contribution is -0.125. The van der Waals surface area contributed by atoms with Gasteiger partial charge in [-0.05, 0) is 38.4 Å². The zero-order chi connectivity index (χ0) is 18.5. The number of nitrogens with zero attached hydrogens (tertiary/aromatic N) is 1. The molecule has 2 saturated heterocycles. The van der Waals surface area contributed by atoms with Crippen LogP contribution in [0.15, 0.2) is 18.2 Å². The van der Waals surface area contributed by atoms with E-state index in [1.54, 1.807) is 12.1 Å². The number of amides is 1. The summed E-state index contributed by atoms with van der Waals surface area (Å²) < 4.78 is 20.2. The topological polar surface area (TPSA) is 53.6 Å². The molecule has 2 N–H and O–H groups in total. The highest BCUT2D eigenvalue weighted by molar-refractivity contribution is 6.31. The maximum atomic E-state index is 14.6. The van der Waals surface area contributed by atoms with E-state index in [-0.39, 0.29) is 54.6 Å². The van der Waals surface area contributed by atoms with E-state index in [4.69, 9.17) is 16.3 Å². The summed E-state index contributed by atoms with van der Waals surface area (Å²) in [7, 11) is 0. The van der Waals surface area contributed by atoms with Gasteiger partial charge < -0.3 is 15.4 Å². The number of benzene rings is 1. The average Bonchev–Trinajstić information content (AvgIpc) is 2.64. The Bertz CT molecular complexity index is 612. The molecule has 0 radical (unpaired) electrons. The quantitative estimate of drug-likeness (QED) is 0.714. The fourth-order valence-corrected chi connectivity index (χ4v) is 4.08. The van der Waals surface area contributed by atoms with Crippen molar-refractivity contribution in [1.82, 2.24) is 15.5 Å². The van der Waals surface area contributed by atoms with Crippen LogP contribution in [0.4, 0.5) is 4.39 Å². The van der Waals surface area contributed by atoms with Crippen molar-refractivity contribution >= 4 is 42.3 Å². The van der Waals surface area contributed by atoms with Gasteiger partial charge in [0.1, 0.15) is 5.82 Å². The lowest BCUT2D eigenvalue weighted by Gasteiger charge is -2.38. The Morgan fingerprint density at radius 3 is 2.89 bits per heavy atom. The molecular weight excluding hydrogens is 428 g/mol. The Hall–Kier alpha value is -0.630. The summed E-state index contributed by atoms with van der Waals surface area (Å²) >= 11 is 6.32. The maximum absolute atomic E-state index is 14.6. The van der Waals surface area contributed by atoms with Crippen LogP contribution < -0.4 is 10.6 Å². The fourth-order valence-electron chi connectivity index (χ4n) is 3.79. The Morgan fingerprint density at radius 1 is 1.46 bits per heavy atom. The summed E-state index contributed by atoms with van der Waals surface area (Å²) in [5, 5.41) is 6.68. The molecule has 1 aromatic carbocycles. The van der Waals surface area contributed by atoms with Gasteiger partial charge in [0.2, 0.25) is 5.91 Å². The van der Waals surface area contributed by atoms with Crippen molar-refractivity contribution in [3.63, 3.8) is 0 Å². The van der Waals surface area contributed by atoms with E-state index in [0.29, 0.717) is 43.4 Å². The standard InChI is InChI=1S/C19H27ClFN3O2.2ClH/c1-13-12-24(8-9-26-13)17(18-15(20)5-2-6-16(18)21)11-23-19(25)14-4-3-7-22-10-14;;/h2,5-6,13-14,17,22H,3-4,7-12H2,1H3,(H,23,25);2*1H. The average molecular weight is 457 g/mol. The molecule has 1 aromatic rings. The van der Waals surface area contributed by atoms with Crippen molar-refractivity contribution in [2.75, 3.05) is 39.3 Å². The lowest BCUT2D eigenvalue weighted by atomic mass is 9.98. The summed E-state index contributed by atoms with van der Waals surface area (Å²) in [6.45, 7) is 5.94. The number of rotatable bonds is 5. The van der Waals surface area contributed by atoms with Gasteiger partial charge in [0.15, 0.2) is 0 Å². The number of ether oxygens (including phenoxy) is 1. The van der Waals surface area contributed by atoms with Crippen LogP contribution in [0.5, 0.6) is 0 Å². The Labute approximate surface area is 183 Å². The number of carbonyl (C=O) groups excluding carboxylic acids is 1. The number of hydrogen-bond acceptors (Lipinski definition) is 4. The van der Waals surface area contributed by atoms with Gasteiger partial charge in [0, 0.05) is 36.8 Å². The zero-order valence-electron chi connectivity index (χ0n) is 16.0. The van der Waals surface area contributed by atoms with Gasteiger partial charge in [-0.3, -0.25) is 9.69 Å². The molecule has 2 heterocycles. The predicted octanol–water partition coefficient (Wildman–Crippen LogP) is 3.20. The van der Waals surface area contributed by atoms with Crippen LogP contribution in [-0.2, 0) is 9.53 Å². The first-order chi connectivity index (χ1) is 12.6. The molecule has 28 heavy (non-hydrogen) atoms. The minimum Gasteiger partial charge on any atom is -0.376 e. The van der Waals surface area contributed by atoms with Crippen LogP contribution in [0.1, 0.15) is 31.4 Å². The SMILES string of the molecule is CC1CN(C(CNC(=O)C2CCCNC2)c2c(F)cccc2Cl)CCO1.Cl.Cl. The third-order valence-corrected chi connectivity index (χ3v) is 5.51. The van der Waals surface area contributed by atoms with Crippen LogP contribution in [-0.4, -0.2) is 56.2 Å². The first kappa shape index (κ1) is 25.4. The molecule has 2 fully saturated rings. The number of morpholine rings is 1. The molecule has 3 rings (SSSR count). The van der Waals surface area contributed by atoms with Crippen molar-refractivity contribution in [3.8, 4) is 0 Å². The Kier molecular flexibility index (Phi) is 11.0. The number of hydrogen-bond donors (Lipinski definition) is 2. The van der Waals surface area contributed by atoms with Crippen LogP contribution in [0.2, 0.25) is 5.02 Å². The van der Waals surface area contributed by atoms with E-state index >= 15 is 0 Å². The first-order valence-electron chi connectivity index (χ1n) is 9.34. The third kappa shape index (κ3) is 6.44. The van der Waals surface area contributed by atoms with E-state index in [9.17, 15) is 9.18 Å². The van der Waals surface area contributed by atoms with E-state index in [1.165, 1.54) is 6.07 Å². The molecule has 0 saturated carbocycles. The third-order valence-electron chi connectivity index (χ3n) is 5.18. The van der Waals surface area contributed by atoms with Crippen molar-refractivity contribution in [1.29, 1.82) is 0 Å². The molecule has 0 aromatic heterocycles. The summed E-state index contributed by atoms with van der Waals surface area (Å²) in [6, 6.07) is 4.41. The molecule has 1 amide bonds. The highest BCUT2D eigenvalue weighted by atomic mass is 35.5. The Balaban J connectivity index is 0.00000196. The molecule has 0 aliphatic carbocycles. The van der Waals surface area contributed by atoms with E-state index in [0.717, 1.165) is 19.4 Å². The molecule has 5 nitrogen and oxygen atoms in total. The van der Waals surface area contributed by atoms with Crippen molar-refractivity contribution in [2.24, 2.45) is 5.92 Å². The molecule has 9 heteroatoms. The Morgan fingerprint density at radius 2 is 2.25 bits per heavy atom. The maximum Gasteiger partial charge on any atom is 0.224 e. The molecule has 3 atom stereocenters. The van der Waals surface area contributed by atoms with Gasteiger partial charge in [-0.2, -0.15) is 0 Å². The zero-order valence-corrected chi connectivity index (χ0v) is 18.3. The van der Waals surface area contributed by atoms with Crippen molar-refractivity contribution in [2.45, 2.75) is 31.9 Å². The van der Waals surface area contributed by atoms with E-state index < -0.39 is 0 Å². The van der Waals surface area contributed by atoms with E-state index in [2.05, 4.69) is 15.5 Å². The summed E-state index contributed by atoms with van der Waals surface area (Å²) in [5.74, 6) is -0.338. The monoisotopic (exact) mass is 455 g/mol. The second-order valence-corrected chi connectivity index (χ2v) is 7.52. The second kappa shape index (κ2) is 12.2. The van der Waals surface area contributed by atoms with Crippen molar-refractivity contribution < 1.29 is 13.9 Å². The van der Waals surface area contributed by atoms with Gasteiger partial charge in [-0.1, -0.05) is 17.7 Å². The number of halogens is 4. The molecule has 2 aliphatic heterocycles.